The second-order valence-electron chi connectivity index (χ2n) is 6.48. The van der Waals surface area contributed by atoms with Gasteiger partial charge in [0.15, 0.2) is 11.5 Å². The van der Waals surface area contributed by atoms with Crippen molar-refractivity contribution in [3.05, 3.63) is 84.4 Å². The van der Waals surface area contributed by atoms with Crippen molar-refractivity contribution in [2.75, 3.05) is 5.32 Å². The molecule has 7 nitrogen and oxygen atoms in total. The van der Waals surface area contributed by atoms with Crippen LogP contribution in [-0.2, 0) is 6.18 Å². The van der Waals surface area contributed by atoms with Gasteiger partial charge >= 0.3 is 6.18 Å². The number of anilines is 1. The lowest BCUT2D eigenvalue weighted by atomic mass is 10.2. The Bertz CT molecular complexity index is 1220. The number of aromatic hydroxyl groups is 1. The molecule has 0 aliphatic rings. The highest BCUT2D eigenvalue weighted by Crippen LogP contribution is 2.33. The van der Waals surface area contributed by atoms with E-state index in [1.165, 1.54) is 55.0 Å². The van der Waals surface area contributed by atoms with Crippen molar-refractivity contribution in [1.29, 1.82) is 0 Å². The van der Waals surface area contributed by atoms with Crippen LogP contribution in [0.5, 0.6) is 5.75 Å². The number of rotatable bonds is 4. The summed E-state index contributed by atoms with van der Waals surface area (Å²) in [5.74, 6) is -0.638. The number of phenolic OH excluding ortho intramolecular Hbond substituents is 1. The lowest BCUT2D eigenvalue weighted by Gasteiger charge is -2.10. The Morgan fingerprint density at radius 1 is 1.03 bits per heavy atom. The number of hydrogen-bond donors (Lipinski definition) is 2. The van der Waals surface area contributed by atoms with Crippen LogP contribution in [0.25, 0.3) is 17.1 Å². The Kier molecular flexibility index (Phi) is 5.12. The highest BCUT2D eigenvalue weighted by molar-refractivity contribution is 6.04. The van der Waals surface area contributed by atoms with Crippen LogP contribution < -0.4 is 5.32 Å². The number of halogens is 3. The van der Waals surface area contributed by atoms with E-state index in [2.05, 4.69) is 20.4 Å². The van der Waals surface area contributed by atoms with E-state index >= 15 is 0 Å². The van der Waals surface area contributed by atoms with Crippen LogP contribution in [0.15, 0.2) is 73.2 Å². The van der Waals surface area contributed by atoms with E-state index in [1.807, 2.05) is 0 Å². The SMILES string of the molecule is O=C(Nc1ccc(-n2nc(-c3cccnc3)cc2C(F)(F)F)nc1)c1cccc(O)c1. The maximum absolute atomic E-state index is 13.6. The maximum Gasteiger partial charge on any atom is 0.433 e. The molecule has 0 bridgehead atoms. The first-order chi connectivity index (χ1) is 14.8. The average molecular weight is 425 g/mol. The van der Waals surface area contributed by atoms with Gasteiger partial charge < -0.3 is 10.4 Å². The number of nitrogens with one attached hydrogen (secondary N) is 1. The molecular formula is C21H14F3N5O2. The quantitative estimate of drug-likeness (QED) is 0.508. The summed E-state index contributed by atoms with van der Waals surface area (Å²) in [5, 5.41) is 16.1. The molecule has 31 heavy (non-hydrogen) atoms. The Balaban J connectivity index is 1.63. The molecule has 0 aliphatic heterocycles. The maximum atomic E-state index is 13.6. The molecule has 0 radical (unpaired) electrons. The first-order valence-corrected chi connectivity index (χ1v) is 8.96. The van der Waals surface area contributed by atoms with Crippen molar-refractivity contribution in [1.82, 2.24) is 19.7 Å². The fourth-order valence-corrected chi connectivity index (χ4v) is 2.85. The van der Waals surface area contributed by atoms with Gasteiger partial charge in [0.1, 0.15) is 5.75 Å². The van der Waals surface area contributed by atoms with Crippen LogP contribution in [0.2, 0.25) is 0 Å². The van der Waals surface area contributed by atoms with Gasteiger partial charge in [-0.1, -0.05) is 6.07 Å². The molecular weight excluding hydrogens is 411 g/mol. The van der Waals surface area contributed by atoms with Crippen LogP contribution in [0.1, 0.15) is 16.1 Å². The molecule has 0 spiro atoms. The molecule has 0 saturated heterocycles. The largest absolute Gasteiger partial charge is 0.508 e. The molecule has 2 N–H and O–H groups in total. The summed E-state index contributed by atoms with van der Waals surface area (Å²) in [6.45, 7) is 0. The summed E-state index contributed by atoms with van der Waals surface area (Å²) in [5.41, 5.74) is 0.0301. The Morgan fingerprint density at radius 2 is 1.87 bits per heavy atom. The molecule has 0 unspecified atom stereocenters. The fraction of sp³-hybridized carbons (Fsp3) is 0.0476. The Morgan fingerprint density at radius 3 is 2.52 bits per heavy atom. The lowest BCUT2D eigenvalue weighted by molar-refractivity contribution is -0.142. The zero-order valence-corrected chi connectivity index (χ0v) is 15.7. The van der Waals surface area contributed by atoms with Gasteiger partial charge in [-0.05, 0) is 48.5 Å². The van der Waals surface area contributed by atoms with E-state index in [0.29, 0.717) is 10.2 Å². The van der Waals surface area contributed by atoms with Gasteiger partial charge in [-0.15, -0.1) is 0 Å². The molecule has 156 valence electrons. The molecule has 3 aromatic heterocycles. The second-order valence-corrected chi connectivity index (χ2v) is 6.48. The van der Waals surface area contributed by atoms with E-state index in [1.54, 1.807) is 12.1 Å². The second kappa shape index (κ2) is 7.90. The van der Waals surface area contributed by atoms with Crippen molar-refractivity contribution >= 4 is 11.6 Å². The van der Waals surface area contributed by atoms with Gasteiger partial charge in [0.2, 0.25) is 0 Å². The summed E-state index contributed by atoms with van der Waals surface area (Å²) in [4.78, 5) is 20.2. The number of carbonyl (C=O) groups is 1. The molecule has 0 aliphatic carbocycles. The van der Waals surface area contributed by atoms with Crippen LogP contribution in [-0.4, -0.2) is 30.8 Å². The van der Waals surface area contributed by atoms with Gasteiger partial charge in [-0.3, -0.25) is 9.78 Å². The van der Waals surface area contributed by atoms with Gasteiger partial charge in [0.05, 0.1) is 17.6 Å². The minimum Gasteiger partial charge on any atom is -0.508 e. The number of aromatic nitrogens is 4. The van der Waals surface area contributed by atoms with E-state index in [4.69, 9.17) is 0 Å². The van der Waals surface area contributed by atoms with Crippen molar-refractivity contribution < 1.29 is 23.1 Å². The standard InChI is InChI=1S/C21H14F3N5O2/c22-21(23,24)18-10-17(14-4-2-8-25-11-14)28-29(18)19-7-6-15(12-26-19)27-20(31)13-3-1-5-16(30)9-13/h1-12,30H,(H,27,31). The summed E-state index contributed by atoms with van der Waals surface area (Å²) >= 11 is 0. The number of hydrogen-bond acceptors (Lipinski definition) is 5. The van der Waals surface area contributed by atoms with Crippen molar-refractivity contribution in [2.24, 2.45) is 0 Å². The fourth-order valence-electron chi connectivity index (χ4n) is 2.85. The Labute approximate surface area is 173 Å². The third kappa shape index (κ3) is 4.37. The van der Waals surface area contributed by atoms with E-state index in [0.717, 1.165) is 6.07 Å². The van der Waals surface area contributed by atoms with E-state index < -0.39 is 17.8 Å². The number of amides is 1. The van der Waals surface area contributed by atoms with Crippen LogP contribution in [0, 0.1) is 0 Å². The molecule has 1 aromatic carbocycles. The normalized spacial score (nSPS) is 11.3. The minimum absolute atomic E-state index is 0.0658. The molecule has 0 saturated carbocycles. The van der Waals surface area contributed by atoms with Gasteiger partial charge in [0, 0.05) is 23.5 Å². The molecule has 10 heteroatoms. The number of phenols is 1. The number of alkyl halides is 3. The predicted molar refractivity (Wildman–Crippen MR) is 106 cm³/mol. The molecule has 0 atom stereocenters. The van der Waals surface area contributed by atoms with Crippen LogP contribution in [0.4, 0.5) is 18.9 Å². The smallest absolute Gasteiger partial charge is 0.433 e. The summed E-state index contributed by atoms with van der Waals surface area (Å²) in [7, 11) is 0. The summed E-state index contributed by atoms with van der Waals surface area (Å²) < 4.78 is 41.4. The predicted octanol–water partition coefficient (Wildman–Crippen LogP) is 4.31. The molecule has 3 heterocycles. The molecule has 4 rings (SSSR count). The number of nitrogens with zero attached hydrogens (tertiary/aromatic N) is 4. The van der Waals surface area contributed by atoms with Gasteiger partial charge in [0.25, 0.3) is 5.91 Å². The lowest BCUT2D eigenvalue weighted by Crippen LogP contribution is -2.15. The van der Waals surface area contributed by atoms with Gasteiger partial charge in [-0.2, -0.15) is 18.3 Å². The third-order valence-corrected chi connectivity index (χ3v) is 4.29. The third-order valence-electron chi connectivity index (χ3n) is 4.29. The van der Waals surface area contributed by atoms with Crippen LogP contribution in [0.3, 0.4) is 0 Å². The zero-order chi connectivity index (χ0) is 22.0. The monoisotopic (exact) mass is 425 g/mol. The first kappa shape index (κ1) is 20.1. The first-order valence-electron chi connectivity index (χ1n) is 8.96. The topological polar surface area (TPSA) is 92.9 Å². The van der Waals surface area contributed by atoms with Gasteiger partial charge in [-0.25, -0.2) is 9.67 Å². The summed E-state index contributed by atoms with van der Waals surface area (Å²) in [6.07, 6.45) is -0.504. The summed E-state index contributed by atoms with van der Waals surface area (Å²) in [6, 6.07) is 12.6. The Hall–Kier alpha value is -4.21. The highest BCUT2D eigenvalue weighted by atomic mass is 19.4. The minimum atomic E-state index is -4.66. The number of benzene rings is 1. The molecule has 4 aromatic rings. The van der Waals surface area contributed by atoms with Crippen molar-refractivity contribution in [3.8, 4) is 22.8 Å². The van der Waals surface area contributed by atoms with E-state index in [-0.39, 0.29) is 28.5 Å². The molecule has 1 amide bonds. The molecule has 0 fully saturated rings. The highest BCUT2D eigenvalue weighted by Gasteiger charge is 2.36. The zero-order valence-electron chi connectivity index (χ0n) is 15.7. The number of carbonyl (C=O) groups excluding carboxylic acids is 1. The van der Waals surface area contributed by atoms with Crippen molar-refractivity contribution in [3.63, 3.8) is 0 Å². The van der Waals surface area contributed by atoms with E-state index in [9.17, 15) is 23.1 Å². The van der Waals surface area contributed by atoms with Crippen LogP contribution >= 0.6 is 0 Å². The average Bonchev–Trinajstić information content (AvgIpc) is 3.21. The number of pyridine rings is 2. The van der Waals surface area contributed by atoms with Crippen molar-refractivity contribution in [2.45, 2.75) is 6.18 Å².